The number of halogens is 1. The molecule has 1 N–H and O–H groups in total. The van der Waals surface area contributed by atoms with Crippen LogP contribution in [0.25, 0.3) is 0 Å². The van der Waals surface area contributed by atoms with Crippen molar-refractivity contribution in [2.45, 2.75) is 32.9 Å². The van der Waals surface area contributed by atoms with Gasteiger partial charge in [0.15, 0.2) is 0 Å². The smallest absolute Gasteiger partial charge is 0.244 e. The molecule has 0 aromatic heterocycles. The fourth-order valence-electron chi connectivity index (χ4n) is 2.67. The van der Waals surface area contributed by atoms with Crippen molar-refractivity contribution in [3.63, 3.8) is 0 Å². The normalized spacial score (nSPS) is 13.7. The van der Waals surface area contributed by atoms with Crippen molar-refractivity contribution in [2.75, 3.05) is 10.6 Å². The molecular weight excluding hydrogens is 355 g/mol. The van der Waals surface area contributed by atoms with E-state index in [1.165, 1.54) is 19.1 Å². The Labute approximate surface area is 153 Å². The highest BCUT2D eigenvalue weighted by atomic mass is 32.2. The lowest BCUT2D eigenvalue weighted by atomic mass is 10.1. The van der Waals surface area contributed by atoms with Crippen LogP contribution in [-0.2, 0) is 14.8 Å². The van der Waals surface area contributed by atoms with Gasteiger partial charge in [-0.25, -0.2) is 12.8 Å². The molecule has 0 saturated heterocycles. The van der Waals surface area contributed by atoms with Crippen LogP contribution in [0.2, 0.25) is 0 Å². The average Bonchev–Trinajstić information content (AvgIpc) is 2.56. The van der Waals surface area contributed by atoms with E-state index in [0.29, 0.717) is 5.69 Å². The van der Waals surface area contributed by atoms with E-state index < -0.39 is 22.0 Å². The Morgan fingerprint density at radius 2 is 1.58 bits per heavy atom. The van der Waals surface area contributed by atoms with E-state index in [0.717, 1.165) is 21.7 Å². The molecule has 2 aromatic carbocycles. The summed E-state index contributed by atoms with van der Waals surface area (Å²) in [6, 6.07) is 11.4. The van der Waals surface area contributed by atoms with E-state index in [-0.39, 0.29) is 11.9 Å². The van der Waals surface area contributed by atoms with E-state index >= 15 is 0 Å². The van der Waals surface area contributed by atoms with Crippen LogP contribution in [0, 0.1) is 12.7 Å². The minimum absolute atomic E-state index is 0.358. The van der Waals surface area contributed by atoms with Crippen LogP contribution in [0.1, 0.15) is 31.0 Å². The third-order valence-corrected chi connectivity index (χ3v) is 5.35. The highest BCUT2D eigenvalue weighted by molar-refractivity contribution is 7.92. The molecule has 0 unspecified atom stereocenters. The van der Waals surface area contributed by atoms with Crippen molar-refractivity contribution in [3.05, 3.63) is 65.5 Å². The van der Waals surface area contributed by atoms with Crippen LogP contribution >= 0.6 is 0 Å². The van der Waals surface area contributed by atoms with Crippen LogP contribution in [-0.4, -0.2) is 26.6 Å². The Hall–Kier alpha value is -2.41. The fourth-order valence-corrected chi connectivity index (χ4v) is 3.84. The number of rotatable bonds is 6. The molecule has 2 rings (SSSR count). The zero-order valence-corrected chi connectivity index (χ0v) is 16.0. The molecular formula is C19H23FN2O3S. The molecule has 7 heteroatoms. The standard InChI is InChI=1S/C19H23FN2O3S/c1-13-5-11-18(12-6-13)22(26(4,24)25)15(3)19(23)21-14(2)16-7-9-17(20)10-8-16/h5-12,14-15H,1-4H3,(H,21,23)/t14-,15+/m1/s1. The zero-order chi connectivity index (χ0) is 19.5. The van der Waals surface area contributed by atoms with Gasteiger partial charge >= 0.3 is 0 Å². The molecule has 0 aliphatic rings. The second kappa shape index (κ2) is 7.86. The molecule has 26 heavy (non-hydrogen) atoms. The number of nitrogens with one attached hydrogen (secondary N) is 1. The summed E-state index contributed by atoms with van der Waals surface area (Å²) in [7, 11) is -3.66. The predicted octanol–water partition coefficient (Wildman–Crippen LogP) is 3.17. The number of anilines is 1. The van der Waals surface area contributed by atoms with Crippen molar-refractivity contribution in [3.8, 4) is 0 Å². The van der Waals surface area contributed by atoms with Gasteiger partial charge < -0.3 is 5.32 Å². The first kappa shape index (κ1) is 19.9. The molecule has 0 aliphatic heterocycles. The van der Waals surface area contributed by atoms with Crippen LogP contribution in [0.15, 0.2) is 48.5 Å². The molecule has 0 bridgehead atoms. The summed E-state index contributed by atoms with van der Waals surface area (Å²) < 4.78 is 38.7. The summed E-state index contributed by atoms with van der Waals surface area (Å²) >= 11 is 0. The van der Waals surface area contributed by atoms with Crippen LogP contribution in [0.5, 0.6) is 0 Å². The fraction of sp³-hybridized carbons (Fsp3) is 0.316. The minimum atomic E-state index is -3.66. The minimum Gasteiger partial charge on any atom is -0.348 e. The maximum atomic E-state index is 13.0. The van der Waals surface area contributed by atoms with Gasteiger partial charge in [0.2, 0.25) is 15.9 Å². The highest BCUT2D eigenvalue weighted by Crippen LogP contribution is 2.22. The number of carbonyl (C=O) groups is 1. The Morgan fingerprint density at radius 3 is 2.08 bits per heavy atom. The second-order valence-corrected chi connectivity index (χ2v) is 8.21. The van der Waals surface area contributed by atoms with E-state index in [9.17, 15) is 17.6 Å². The molecule has 0 radical (unpaired) electrons. The summed E-state index contributed by atoms with van der Waals surface area (Å²) in [5.74, 6) is -0.795. The largest absolute Gasteiger partial charge is 0.348 e. The molecule has 0 spiro atoms. The van der Waals surface area contributed by atoms with Crippen molar-refractivity contribution < 1.29 is 17.6 Å². The third-order valence-electron chi connectivity index (χ3n) is 4.11. The molecule has 0 saturated carbocycles. The summed E-state index contributed by atoms with van der Waals surface area (Å²) in [6.07, 6.45) is 1.07. The first-order valence-electron chi connectivity index (χ1n) is 8.21. The van der Waals surface area contributed by atoms with Gasteiger partial charge in [-0.2, -0.15) is 0 Å². The summed E-state index contributed by atoms with van der Waals surface area (Å²) in [6.45, 7) is 5.19. The van der Waals surface area contributed by atoms with Gasteiger partial charge in [-0.1, -0.05) is 29.8 Å². The SMILES string of the molecule is Cc1ccc(N([C@@H](C)C(=O)N[C@H](C)c2ccc(F)cc2)S(C)(=O)=O)cc1. The summed E-state index contributed by atoms with van der Waals surface area (Å²) in [5.41, 5.74) is 2.15. The average molecular weight is 378 g/mol. The zero-order valence-electron chi connectivity index (χ0n) is 15.2. The number of amides is 1. The van der Waals surface area contributed by atoms with Gasteiger partial charge in [-0.3, -0.25) is 9.10 Å². The molecule has 0 aliphatic carbocycles. The first-order valence-corrected chi connectivity index (χ1v) is 10.1. The van der Waals surface area contributed by atoms with Crippen LogP contribution < -0.4 is 9.62 Å². The lowest BCUT2D eigenvalue weighted by molar-refractivity contribution is -0.122. The van der Waals surface area contributed by atoms with Crippen molar-refractivity contribution in [1.29, 1.82) is 0 Å². The quantitative estimate of drug-likeness (QED) is 0.840. The summed E-state index contributed by atoms with van der Waals surface area (Å²) in [5, 5.41) is 2.78. The number of nitrogens with zero attached hydrogens (tertiary/aromatic N) is 1. The highest BCUT2D eigenvalue weighted by Gasteiger charge is 2.29. The summed E-state index contributed by atoms with van der Waals surface area (Å²) in [4.78, 5) is 12.6. The van der Waals surface area contributed by atoms with Gasteiger partial charge in [-0.15, -0.1) is 0 Å². The maximum absolute atomic E-state index is 13.0. The Bertz CT molecular complexity index is 865. The third kappa shape index (κ3) is 4.82. The van der Waals surface area contributed by atoms with Crippen molar-refractivity contribution >= 4 is 21.6 Å². The molecule has 2 aromatic rings. The lowest BCUT2D eigenvalue weighted by Gasteiger charge is -2.29. The van der Waals surface area contributed by atoms with Gasteiger partial charge in [0, 0.05) is 0 Å². The number of carbonyl (C=O) groups excluding carboxylic acids is 1. The van der Waals surface area contributed by atoms with Crippen molar-refractivity contribution in [2.24, 2.45) is 0 Å². The Balaban J connectivity index is 2.22. The second-order valence-electron chi connectivity index (χ2n) is 6.35. The molecule has 0 heterocycles. The number of sulfonamides is 1. The topological polar surface area (TPSA) is 66.5 Å². The predicted molar refractivity (Wildman–Crippen MR) is 101 cm³/mol. The number of aryl methyl sites for hydroxylation is 1. The Morgan fingerprint density at radius 1 is 1.04 bits per heavy atom. The molecule has 0 fully saturated rings. The molecule has 140 valence electrons. The number of hydrogen-bond acceptors (Lipinski definition) is 3. The Kier molecular flexibility index (Phi) is 6.02. The van der Waals surface area contributed by atoms with Gasteiger partial charge in [0.05, 0.1) is 18.0 Å². The molecule has 2 atom stereocenters. The number of hydrogen-bond donors (Lipinski definition) is 1. The monoisotopic (exact) mass is 378 g/mol. The van der Waals surface area contributed by atoms with E-state index in [4.69, 9.17) is 0 Å². The number of benzene rings is 2. The molecule has 5 nitrogen and oxygen atoms in total. The van der Waals surface area contributed by atoms with Crippen molar-refractivity contribution in [1.82, 2.24) is 5.32 Å². The van der Waals surface area contributed by atoms with E-state index in [1.807, 2.05) is 6.92 Å². The van der Waals surface area contributed by atoms with E-state index in [1.54, 1.807) is 43.3 Å². The maximum Gasteiger partial charge on any atom is 0.244 e. The van der Waals surface area contributed by atoms with Gasteiger partial charge in [0.1, 0.15) is 11.9 Å². The van der Waals surface area contributed by atoms with E-state index in [2.05, 4.69) is 5.32 Å². The van der Waals surface area contributed by atoms with Gasteiger partial charge in [-0.05, 0) is 50.6 Å². The van der Waals surface area contributed by atoms with Crippen LogP contribution in [0.3, 0.4) is 0 Å². The first-order chi connectivity index (χ1) is 12.1. The lowest BCUT2D eigenvalue weighted by Crippen LogP contribution is -2.48. The van der Waals surface area contributed by atoms with Gasteiger partial charge in [0.25, 0.3) is 0 Å². The van der Waals surface area contributed by atoms with Crippen LogP contribution in [0.4, 0.5) is 10.1 Å². The molecule has 1 amide bonds.